The quantitative estimate of drug-likeness (QED) is 0.427. The van der Waals surface area contributed by atoms with Gasteiger partial charge in [-0.2, -0.15) is 0 Å². The van der Waals surface area contributed by atoms with Crippen molar-refractivity contribution in [3.63, 3.8) is 0 Å². The zero-order valence-electron chi connectivity index (χ0n) is 7.74. The number of aryl methyl sites for hydroxylation is 2. The van der Waals surface area contributed by atoms with Gasteiger partial charge in [-0.25, -0.2) is 0 Å². The van der Waals surface area contributed by atoms with Gasteiger partial charge in [-0.1, -0.05) is 23.8 Å². The molecule has 0 saturated heterocycles. The molecule has 0 unspecified atom stereocenters. The fourth-order valence-electron chi connectivity index (χ4n) is 1.21. The minimum absolute atomic E-state index is 0.321. The van der Waals surface area contributed by atoms with E-state index in [0.717, 1.165) is 23.0 Å². The van der Waals surface area contributed by atoms with Crippen LogP contribution in [0.5, 0.6) is 0 Å². The topological polar surface area (TPSA) is 37.3 Å². The van der Waals surface area contributed by atoms with Crippen LogP contribution in [0.2, 0.25) is 0 Å². The first-order valence-corrected chi connectivity index (χ1v) is 4.06. The van der Waals surface area contributed by atoms with Crippen molar-refractivity contribution in [2.45, 2.75) is 13.8 Å². The number of allylic oxidation sites excluding steroid dienone is 1. The lowest BCUT2D eigenvalue weighted by molar-refractivity contribution is -0.103. The second kappa shape index (κ2) is 3.90. The molecule has 0 aliphatic heterocycles. The maximum absolute atomic E-state index is 10.6. The van der Waals surface area contributed by atoms with Gasteiger partial charge in [0.05, 0.1) is 11.8 Å². The standard InChI is InChI=1S/C11H12O2/c1-8-3-4-9(2)11(5-8)10(6-12)7-13/h3-7,12H,1-2H3/b10-6+. The van der Waals surface area contributed by atoms with Gasteiger partial charge >= 0.3 is 0 Å². The second-order valence-corrected chi connectivity index (χ2v) is 3.02. The molecule has 0 aliphatic carbocycles. The van der Waals surface area contributed by atoms with Crippen LogP contribution in [0, 0.1) is 13.8 Å². The highest BCUT2D eigenvalue weighted by molar-refractivity contribution is 6.07. The average Bonchev–Trinajstić information content (AvgIpc) is 2.13. The predicted molar refractivity (Wildman–Crippen MR) is 52.6 cm³/mol. The molecule has 0 fully saturated rings. The third-order valence-electron chi connectivity index (χ3n) is 1.97. The molecule has 13 heavy (non-hydrogen) atoms. The molecule has 0 saturated carbocycles. The molecule has 68 valence electrons. The Balaban J connectivity index is 3.27. The summed E-state index contributed by atoms with van der Waals surface area (Å²) in [6, 6.07) is 5.78. The first-order valence-electron chi connectivity index (χ1n) is 4.06. The van der Waals surface area contributed by atoms with E-state index in [9.17, 15) is 4.79 Å². The zero-order chi connectivity index (χ0) is 9.84. The number of carbonyl (C=O) groups excluding carboxylic acids is 1. The van der Waals surface area contributed by atoms with Crippen LogP contribution in [0.15, 0.2) is 24.5 Å². The van der Waals surface area contributed by atoms with Gasteiger partial charge in [0, 0.05) is 0 Å². The lowest BCUT2D eigenvalue weighted by Gasteiger charge is -2.04. The fourth-order valence-corrected chi connectivity index (χ4v) is 1.21. The van der Waals surface area contributed by atoms with Crippen molar-refractivity contribution >= 4 is 11.9 Å². The molecular formula is C11H12O2. The summed E-state index contributed by atoms with van der Waals surface area (Å²) in [7, 11) is 0. The zero-order valence-corrected chi connectivity index (χ0v) is 7.74. The Kier molecular flexibility index (Phi) is 2.85. The van der Waals surface area contributed by atoms with Crippen LogP contribution in [0.3, 0.4) is 0 Å². The third kappa shape index (κ3) is 1.96. The van der Waals surface area contributed by atoms with Crippen LogP contribution < -0.4 is 0 Å². The molecule has 2 heteroatoms. The molecule has 0 amide bonds. The number of hydrogen-bond donors (Lipinski definition) is 1. The summed E-state index contributed by atoms with van der Waals surface area (Å²) >= 11 is 0. The van der Waals surface area contributed by atoms with Crippen molar-refractivity contribution in [2.75, 3.05) is 0 Å². The smallest absolute Gasteiger partial charge is 0.153 e. The Morgan fingerprint density at radius 2 is 2.08 bits per heavy atom. The highest BCUT2D eigenvalue weighted by atomic mass is 16.2. The molecule has 0 spiro atoms. The first kappa shape index (κ1) is 9.52. The largest absolute Gasteiger partial charge is 0.515 e. The number of aliphatic hydroxyl groups excluding tert-OH is 1. The van der Waals surface area contributed by atoms with Gasteiger partial charge < -0.3 is 5.11 Å². The Hall–Kier alpha value is -1.57. The molecule has 1 N–H and O–H groups in total. The van der Waals surface area contributed by atoms with Crippen LogP contribution in [0.4, 0.5) is 0 Å². The Labute approximate surface area is 77.5 Å². The lowest BCUT2D eigenvalue weighted by atomic mass is 10.0. The summed E-state index contributed by atoms with van der Waals surface area (Å²) in [5.41, 5.74) is 3.17. The highest BCUT2D eigenvalue weighted by Gasteiger charge is 2.03. The van der Waals surface area contributed by atoms with E-state index in [4.69, 9.17) is 5.11 Å². The SMILES string of the molecule is Cc1ccc(C)c(/C(C=O)=C/O)c1. The minimum atomic E-state index is 0.321. The van der Waals surface area contributed by atoms with Gasteiger partial charge in [-0.15, -0.1) is 0 Å². The molecular weight excluding hydrogens is 164 g/mol. The molecule has 1 aromatic carbocycles. The average molecular weight is 176 g/mol. The molecule has 0 radical (unpaired) electrons. The molecule has 0 atom stereocenters. The Bertz CT molecular complexity index is 351. The summed E-state index contributed by atoms with van der Waals surface area (Å²) in [5.74, 6) is 0. The van der Waals surface area contributed by atoms with Crippen molar-refractivity contribution in [3.05, 3.63) is 41.2 Å². The second-order valence-electron chi connectivity index (χ2n) is 3.02. The van der Waals surface area contributed by atoms with Gasteiger partial charge in [0.25, 0.3) is 0 Å². The van der Waals surface area contributed by atoms with E-state index >= 15 is 0 Å². The molecule has 0 heterocycles. The van der Waals surface area contributed by atoms with Crippen LogP contribution >= 0.6 is 0 Å². The molecule has 1 aromatic rings. The summed E-state index contributed by atoms with van der Waals surface area (Å²) in [5, 5.41) is 8.80. The molecule has 0 aromatic heterocycles. The van der Waals surface area contributed by atoms with Crippen molar-refractivity contribution in [1.82, 2.24) is 0 Å². The Morgan fingerprint density at radius 3 is 2.62 bits per heavy atom. The van der Waals surface area contributed by atoms with Crippen LogP contribution in [-0.2, 0) is 4.79 Å². The number of aldehydes is 1. The number of aliphatic hydroxyl groups is 1. The van der Waals surface area contributed by atoms with Crippen molar-refractivity contribution in [2.24, 2.45) is 0 Å². The van der Waals surface area contributed by atoms with Gasteiger partial charge in [0.15, 0.2) is 6.29 Å². The Morgan fingerprint density at radius 1 is 1.38 bits per heavy atom. The molecule has 0 aliphatic rings. The maximum atomic E-state index is 10.6. The molecule has 1 rings (SSSR count). The summed E-state index contributed by atoms with van der Waals surface area (Å²) < 4.78 is 0. The van der Waals surface area contributed by atoms with Crippen molar-refractivity contribution in [3.8, 4) is 0 Å². The molecule has 2 nitrogen and oxygen atoms in total. The van der Waals surface area contributed by atoms with E-state index < -0.39 is 0 Å². The van der Waals surface area contributed by atoms with Gasteiger partial charge in [0.2, 0.25) is 0 Å². The van der Waals surface area contributed by atoms with E-state index in [1.54, 1.807) is 0 Å². The minimum Gasteiger partial charge on any atom is -0.515 e. The highest BCUT2D eigenvalue weighted by Crippen LogP contribution is 2.17. The number of rotatable bonds is 2. The normalized spacial score (nSPS) is 11.4. The predicted octanol–water partition coefficient (Wildman–Crippen LogP) is 2.40. The van der Waals surface area contributed by atoms with Gasteiger partial charge in [-0.3, -0.25) is 4.79 Å². The van der Waals surface area contributed by atoms with Crippen molar-refractivity contribution in [1.29, 1.82) is 0 Å². The van der Waals surface area contributed by atoms with E-state index in [1.807, 2.05) is 32.0 Å². The maximum Gasteiger partial charge on any atom is 0.153 e. The number of hydrogen-bond acceptors (Lipinski definition) is 2. The lowest BCUT2D eigenvalue weighted by Crippen LogP contribution is -1.91. The fraction of sp³-hybridized carbons (Fsp3) is 0.182. The number of benzene rings is 1. The molecule has 0 bridgehead atoms. The van der Waals surface area contributed by atoms with Crippen LogP contribution in [0.1, 0.15) is 16.7 Å². The van der Waals surface area contributed by atoms with E-state index in [0.29, 0.717) is 11.9 Å². The van der Waals surface area contributed by atoms with Crippen LogP contribution in [-0.4, -0.2) is 11.4 Å². The monoisotopic (exact) mass is 176 g/mol. The summed E-state index contributed by atoms with van der Waals surface area (Å²) in [4.78, 5) is 10.6. The van der Waals surface area contributed by atoms with E-state index in [-0.39, 0.29) is 0 Å². The number of carbonyl (C=O) groups is 1. The van der Waals surface area contributed by atoms with E-state index in [1.165, 1.54) is 0 Å². The third-order valence-corrected chi connectivity index (χ3v) is 1.97. The van der Waals surface area contributed by atoms with Gasteiger partial charge in [-0.05, 0) is 25.0 Å². The first-order chi connectivity index (χ1) is 6.19. The van der Waals surface area contributed by atoms with Gasteiger partial charge in [0.1, 0.15) is 0 Å². The van der Waals surface area contributed by atoms with Crippen LogP contribution in [0.25, 0.3) is 5.57 Å². The van der Waals surface area contributed by atoms with E-state index in [2.05, 4.69) is 0 Å². The summed E-state index contributed by atoms with van der Waals surface area (Å²) in [6.45, 7) is 3.85. The summed E-state index contributed by atoms with van der Waals surface area (Å²) in [6.07, 6.45) is 1.50. The van der Waals surface area contributed by atoms with Crippen molar-refractivity contribution < 1.29 is 9.90 Å².